The average molecular weight is 273 g/mol. The Kier molecular flexibility index (Phi) is 8.86. The molecule has 0 fully saturated rings. The summed E-state index contributed by atoms with van der Waals surface area (Å²) in [5.41, 5.74) is 2.87. The number of benzene rings is 1. The quantitative estimate of drug-likeness (QED) is 0.526. The first kappa shape index (κ1) is 16.8. The Morgan fingerprint density at radius 1 is 0.900 bits per heavy atom. The Labute approximate surface area is 125 Å². The van der Waals surface area contributed by atoms with Gasteiger partial charge in [0.25, 0.3) is 0 Å². The zero-order chi connectivity index (χ0) is 14.6. The summed E-state index contributed by atoms with van der Waals surface area (Å²) in [6.07, 6.45) is 9.90. The van der Waals surface area contributed by atoms with E-state index in [4.69, 9.17) is 0 Å². The van der Waals surface area contributed by atoms with Crippen LogP contribution in [0.2, 0.25) is 0 Å². The van der Waals surface area contributed by atoms with Gasteiger partial charge in [-0.15, -0.1) is 0 Å². The van der Waals surface area contributed by atoms with Crippen molar-refractivity contribution in [3.63, 3.8) is 0 Å². The topological polar surface area (TPSA) is 3.24 Å². The molecule has 1 aromatic carbocycles. The maximum atomic E-state index is 2.53. The monoisotopic (exact) mass is 273 g/mol. The number of hydrogen-bond acceptors (Lipinski definition) is 1. The molecule has 20 heavy (non-hydrogen) atoms. The predicted octanol–water partition coefficient (Wildman–Crippen LogP) is 5.73. The fraction of sp³-hybridized carbons (Fsp3) is 0.579. The zero-order valence-corrected chi connectivity index (χ0v) is 13.6. The van der Waals surface area contributed by atoms with Crippen LogP contribution >= 0.6 is 0 Å². The summed E-state index contributed by atoms with van der Waals surface area (Å²) in [6.45, 7) is 9.18. The summed E-state index contributed by atoms with van der Waals surface area (Å²) in [5.74, 6) is 0. The fourth-order valence-electron chi connectivity index (χ4n) is 2.39. The molecule has 0 bridgehead atoms. The van der Waals surface area contributed by atoms with Crippen molar-refractivity contribution < 1.29 is 0 Å². The van der Waals surface area contributed by atoms with Crippen molar-refractivity contribution in [2.45, 2.75) is 59.3 Å². The third-order valence-electron chi connectivity index (χ3n) is 3.60. The lowest BCUT2D eigenvalue weighted by atomic mass is 10.0. The summed E-state index contributed by atoms with van der Waals surface area (Å²) in [5, 5.41) is 0. The van der Waals surface area contributed by atoms with E-state index in [9.17, 15) is 0 Å². The highest BCUT2D eigenvalue weighted by molar-refractivity contribution is 5.65. The van der Waals surface area contributed by atoms with Crippen molar-refractivity contribution in [2.75, 3.05) is 13.1 Å². The molecular formula is C19H31N. The van der Waals surface area contributed by atoms with Crippen molar-refractivity contribution in [3.05, 3.63) is 42.1 Å². The minimum Gasteiger partial charge on any atom is -0.377 e. The summed E-state index contributed by atoms with van der Waals surface area (Å²) >= 11 is 0. The first-order chi connectivity index (χ1) is 9.81. The second-order valence-corrected chi connectivity index (χ2v) is 5.51. The second-order valence-electron chi connectivity index (χ2n) is 5.51. The molecule has 0 aromatic heterocycles. The van der Waals surface area contributed by atoms with E-state index in [1.165, 1.54) is 62.8 Å². The van der Waals surface area contributed by atoms with Crippen LogP contribution in [0.5, 0.6) is 0 Å². The molecule has 0 N–H and O–H groups in total. The highest BCUT2D eigenvalue weighted by Gasteiger charge is 2.04. The van der Waals surface area contributed by atoms with E-state index in [1.54, 1.807) is 0 Å². The van der Waals surface area contributed by atoms with Gasteiger partial charge in [-0.25, -0.2) is 0 Å². The Morgan fingerprint density at radius 3 is 2.00 bits per heavy atom. The van der Waals surface area contributed by atoms with Crippen LogP contribution in [0.4, 0.5) is 0 Å². The Bertz CT molecular complexity index is 359. The van der Waals surface area contributed by atoms with Crippen molar-refractivity contribution in [1.82, 2.24) is 4.90 Å². The SMILES string of the molecule is CCCCN(/C=C(/CCC)c1ccccc1)CCCC. The van der Waals surface area contributed by atoms with Gasteiger partial charge in [0.2, 0.25) is 0 Å². The maximum Gasteiger partial charge on any atom is 0.0172 e. The van der Waals surface area contributed by atoms with Gasteiger partial charge in [0.15, 0.2) is 0 Å². The van der Waals surface area contributed by atoms with E-state index >= 15 is 0 Å². The molecule has 0 saturated heterocycles. The lowest BCUT2D eigenvalue weighted by Gasteiger charge is -2.22. The van der Waals surface area contributed by atoms with Crippen LogP contribution in [0, 0.1) is 0 Å². The van der Waals surface area contributed by atoms with Gasteiger partial charge in [-0.05, 0) is 30.4 Å². The first-order valence-corrected chi connectivity index (χ1v) is 8.31. The minimum absolute atomic E-state index is 1.17. The largest absolute Gasteiger partial charge is 0.377 e. The molecule has 0 saturated carbocycles. The van der Waals surface area contributed by atoms with E-state index in [0.29, 0.717) is 0 Å². The van der Waals surface area contributed by atoms with Crippen LogP contribution in [0.1, 0.15) is 64.9 Å². The van der Waals surface area contributed by atoms with Crippen LogP contribution in [0.25, 0.3) is 5.57 Å². The normalized spacial score (nSPS) is 11.7. The summed E-state index contributed by atoms with van der Waals surface area (Å²) < 4.78 is 0. The molecule has 0 radical (unpaired) electrons. The summed E-state index contributed by atoms with van der Waals surface area (Å²) in [6, 6.07) is 10.8. The molecule has 0 spiro atoms. The fourth-order valence-corrected chi connectivity index (χ4v) is 2.39. The van der Waals surface area contributed by atoms with Crippen LogP contribution in [-0.4, -0.2) is 18.0 Å². The van der Waals surface area contributed by atoms with Gasteiger partial charge in [-0.2, -0.15) is 0 Å². The van der Waals surface area contributed by atoms with E-state index in [0.717, 1.165) is 0 Å². The average Bonchev–Trinajstić information content (AvgIpc) is 2.50. The molecule has 1 heteroatoms. The van der Waals surface area contributed by atoms with E-state index in [1.807, 2.05) is 0 Å². The molecule has 0 aliphatic heterocycles. The number of unbranched alkanes of at least 4 members (excludes halogenated alkanes) is 2. The summed E-state index contributed by atoms with van der Waals surface area (Å²) in [7, 11) is 0. The van der Waals surface area contributed by atoms with Gasteiger partial charge in [0.05, 0.1) is 0 Å². The Morgan fingerprint density at radius 2 is 1.50 bits per heavy atom. The van der Waals surface area contributed by atoms with Gasteiger partial charge in [0, 0.05) is 19.3 Å². The number of rotatable bonds is 10. The molecule has 1 aromatic rings. The highest BCUT2D eigenvalue weighted by Crippen LogP contribution is 2.20. The van der Waals surface area contributed by atoms with Crippen molar-refractivity contribution in [3.8, 4) is 0 Å². The molecule has 0 heterocycles. The molecule has 1 nitrogen and oxygen atoms in total. The summed E-state index contributed by atoms with van der Waals surface area (Å²) in [4.78, 5) is 2.53. The zero-order valence-electron chi connectivity index (χ0n) is 13.6. The molecule has 0 aliphatic carbocycles. The molecular weight excluding hydrogens is 242 g/mol. The molecule has 1 rings (SSSR count). The number of nitrogens with zero attached hydrogens (tertiary/aromatic N) is 1. The smallest absolute Gasteiger partial charge is 0.0172 e. The second kappa shape index (κ2) is 10.5. The lowest BCUT2D eigenvalue weighted by Crippen LogP contribution is -2.20. The van der Waals surface area contributed by atoms with Crippen LogP contribution in [0.3, 0.4) is 0 Å². The standard InChI is InChI=1S/C19H31N/c1-4-7-15-20(16-8-5-2)17-19(12-6-3)18-13-10-9-11-14-18/h9-11,13-14,17H,4-8,12,15-16H2,1-3H3/b19-17-. The van der Waals surface area contributed by atoms with Crippen molar-refractivity contribution in [2.24, 2.45) is 0 Å². The molecule has 0 unspecified atom stereocenters. The first-order valence-electron chi connectivity index (χ1n) is 8.31. The minimum atomic E-state index is 1.17. The van der Waals surface area contributed by atoms with Gasteiger partial charge in [-0.1, -0.05) is 70.4 Å². The van der Waals surface area contributed by atoms with Crippen LogP contribution < -0.4 is 0 Å². The number of hydrogen-bond donors (Lipinski definition) is 0. The molecule has 0 atom stereocenters. The maximum absolute atomic E-state index is 2.53. The van der Waals surface area contributed by atoms with Gasteiger partial charge in [0.1, 0.15) is 0 Å². The molecule has 0 amide bonds. The van der Waals surface area contributed by atoms with Gasteiger partial charge < -0.3 is 4.90 Å². The molecule has 112 valence electrons. The molecule has 0 aliphatic rings. The van der Waals surface area contributed by atoms with Crippen molar-refractivity contribution in [1.29, 1.82) is 0 Å². The van der Waals surface area contributed by atoms with E-state index in [2.05, 4.69) is 62.2 Å². The third-order valence-corrected chi connectivity index (χ3v) is 3.60. The Balaban J connectivity index is 2.83. The van der Waals surface area contributed by atoms with E-state index < -0.39 is 0 Å². The van der Waals surface area contributed by atoms with Gasteiger partial charge >= 0.3 is 0 Å². The Hall–Kier alpha value is -1.24. The van der Waals surface area contributed by atoms with Crippen molar-refractivity contribution >= 4 is 5.57 Å². The lowest BCUT2D eigenvalue weighted by molar-refractivity contribution is 0.360. The highest BCUT2D eigenvalue weighted by atomic mass is 15.1. The number of allylic oxidation sites excluding steroid dienone is 1. The predicted molar refractivity (Wildman–Crippen MR) is 90.7 cm³/mol. The van der Waals surface area contributed by atoms with Crippen LogP contribution in [0.15, 0.2) is 36.5 Å². The third kappa shape index (κ3) is 6.27. The van der Waals surface area contributed by atoms with E-state index in [-0.39, 0.29) is 0 Å². The van der Waals surface area contributed by atoms with Gasteiger partial charge in [-0.3, -0.25) is 0 Å². The van der Waals surface area contributed by atoms with Crippen LogP contribution in [-0.2, 0) is 0 Å².